The number of benzene rings is 3. The van der Waals surface area contributed by atoms with E-state index in [-0.39, 0.29) is 0 Å². The second-order valence-electron chi connectivity index (χ2n) is 5.75. The van der Waals surface area contributed by atoms with E-state index < -0.39 is 27.9 Å². The van der Waals surface area contributed by atoms with Crippen molar-refractivity contribution < 1.29 is 13.2 Å². The predicted octanol–water partition coefficient (Wildman–Crippen LogP) is 4.85. The van der Waals surface area contributed by atoms with Gasteiger partial charge >= 0.3 is 0 Å². The Kier molecular flexibility index (Phi) is 5.88. The van der Waals surface area contributed by atoms with Gasteiger partial charge in [0.05, 0.1) is 0 Å². The van der Waals surface area contributed by atoms with Gasteiger partial charge in [-0.05, 0) is 58.7 Å². The third-order valence-electron chi connectivity index (χ3n) is 3.97. The Hall–Kier alpha value is -2.12. The first-order valence-corrected chi connectivity index (χ1v) is 9.34. The number of hydrogen-bond acceptors (Lipinski definition) is 0. The zero-order chi connectivity index (χ0) is 17.6. The van der Waals surface area contributed by atoms with Crippen molar-refractivity contribution in [2.45, 2.75) is 20.0 Å². The van der Waals surface area contributed by atoms with E-state index in [1.54, 1.807) is 18.2 Å². The van der Waals surface area contributed by atoms with Crippen molar-refractivity contribution in [2.24, 2.45) is 0 Å². The van der Waals surface area contributed by atoms with Gasteiger partial charge in [-0.25, -0.2) is 13.2 Å². The molecule has 3 rings (SSSR count). The molecule has 4 heteroatoms. The molecule has 3 aromatic carbocycles. The molecule has 0 spiro atoms. The van der Waals surface area contributed by atoms with Gasteiger partial charge in [-0.1, -0.05) is 54.6 Å². The molecule has 0 heterocycles. The summed E-state index contributed by atoms with van der Waals surface area (Å²) in [5, 5.41) is 2.91. The average Bonchev–Trinajstić information content (AvgIpc) is 2.68. The molecule has 0 atom stereocenters. The summed E-state index contributed by atoms with van der Waals surface area (Å²) in [6.07, 6.45) is 0. The topological polar surface area (TPSA) is 0 Å². The lowest BCUT2D eigenvalue weighted by Gasteiger charge is -2.21. The maximum atomic E-state index is 13.1. The van der Waals surface area contributed by atoms with Crippen LogP contribution in [0, 0.1) is 0 Å². The zero-order valence-electron chi connectivity index (χ0n) is 13.6. The van der Waals surface area contributed by atoms with Crippen LogP contribution in [0.5, 0.6) is 0 Å². The van der Waals surface area contributed by atoms with E-state index in [1.807, 2.05) is 54.6 Å². The molecular weight excluding hydrogens is 340 g/mol. The Morgan fingerprint density at radius 1 is 0.520 bits per heavy atom. The molecule has 0 fully saturated rings. The summed E-state index contributed by atoms with van der Waals surface area (Å²) < 4.78 is 39.4. The minimum Gasteiger partial charge on any atom is -0.246 e. The van der Waals surface area contributed by atoms with E-state index in [2.05, 4.69) is 0 Å². The lowest BCUT2D eigenvalue weighted by Crippen LogP contribution is -2.21. The van der Waals surface area contributed by atoms with Crippen molar-refractivity contribution in [3.8, 4) is 0 Å². The Balaban J connectivity index is 2.16. The predicted molar refractivity (Wildman–Crippen MR) is 99.6 cm³/mol. The van der Waals surface area contributed by atoms with E-state index in [0.29, 0.717) is 16.7 Å². The summed E-state index contributed by atoms with van der Waals surface area (Å²) in [5.74, 6) is 0. The van der Waals surface area contributed by atoms with E-state index in [4.69, 9.17) is 0 Å². The first-order chi connectivity index (χ1) is 12.2. The number of rotatable bonds is 6. The molecule has 25 heavy (non-hydrogen) atoms. The number of hydrogen-bond donors (Lipinski definition) is 0. The molecule has 0 aliphatic heterocycles. The van der Waals surface area contributed by atoms with Crippen LogP contribution in [0.2, 0.25) is 0 Å². The first-order valence-electron chi connectivity index (χ1n) is 8.00. The van der Waals surface area contributed by atoms with E-state index in [1.165, 1.54) is 0 Å². The van der Waals surface area contributed by atoms with Gasteiger partial charge < -0.3 is 0 Å². The normalized spacial score (nSPS) is 11.0. The molecule has 0 radical (unpaired) electrons. The molecule has 0 bridgehead atoms. The van der Waals surface area contributed by atoms with Crippen LogP contribution in [0.25, 0.3) is 0 Å². The van der Waals surface area contributed by atoms with Crippen molar-refractivity contribution >= 4 is 23.8 Å². The number of halogens is 3. The van der Waals surface area contributed by atoms with E-state index in [0.717, 1.165) is 15.9 Å². The summed E-state index contributed by atoms with van der Waals surface area (Å²) in [4.78, 5) is 0. The Morgan fingerprint density at radius 2 is 0.840 bits per heavy atom. The molecule has 0 amide bonds. The van der Waals surface area contributed by atoms with Gasteiger partial charge in [-0.15, -0.1) is 0 Å². The van der Waals surface area contributed by atoms with Crippen molar-refractivity contribution in [2.75, 3.05) is 0 Å². The fraction of sp³-hybridized carbons (Fsp3) is 0.143. The summed E-state index contributed by atoms with van der Waals surface area (Å²) in [7, 11) is -1.01. The largest absolute Gasteiger partial charge is 0.246 e. The van der Waals surface area contributed by atoms with E-state index >= 15 is 0 Å². The van der Waals surface area contributed by atoms with Gasteiger partial charge in [0.2, 0.25) is 0 Å². The SMILES string of the molecule is FCc1cccc(P(c2cccc(CF)c2)c2cccc(CF)c2)c1. The third kappa shape index (κ3) is 4.11. The molecule has 0 saturated heterocycles. The van der Waals surface area contributed by atoms with Crippen LogP contribution in [0.1, 0.15) is 16.7 Å². The summed E-state index contributed by atoms with van der Waals surface area (Å²) in [6.45, 7) is -1.61. The highest BCUT2D eigenvalue weighted by atomic mass is 31.1. The molecule has 0 unspecified atom stereocenters. The smallest absolute Gasteiger partial charge is 0.115 e. The highest BCUT2D eigenvalue weighted by Gasteiger charge is 2.18. The van der Waals surface area contributed by atoms with Gasteiger partial charge in [0.25, 0.3) is 0 Å². The average molecular weight is 358 g/mol. The molecule has 0 aromatic heterocycles. The van der Waals surface area contributed by atoms with Crippen LogP contribution < -0.4 is 15.9 Å². The van der Waals surface area contributed by atoms with Crippen LogP contribution in [0.4, 0.5) is 13.2 Å². The van der Waals surface area contributed by atoms with Crippen molar-refractivity contribution in [1.82, 2.24) is 0 Å². The second-order valence-corrected chi connectivity index (χ2v) is 7.97. The Bertz CT molecular complexity index is 735. The molecular formula is C21H18F3P. The van der Waals surface area contributed by atoms with E-state index in [9.17, 15) is 13.2 Å². The van der Waals surface area contributed by atoms with Crippen LogP contribution >= 0.6 is 7.92 Å². The number of alkyl halides is 3. The maximum absolute atomic E-state index is 13.1. The highest BCUT2D eigenvalue weighted by molar-refractivity contribution is 7.79. The maximum Gasteiger partial charge on any atom is 0.115 e. The lowest BCUT2D eigenvalue weighted by molar-refractivity contribution is 0.485. The molecule has 0 aliphatic rings. The Labute approximate surface area is 147 Å². The monoisotopic (exact) mass is 358 g/mol. The van der Waals surface area contributed by atoms with Crippen LogP contribution in [0.3, 0.4) is 0 Å². The zero-order valence-corrected chi connectivity index (χ0v) is 14.5. The molecule has 3 aromatic rings. The quantitative estimate of drug-likeness (QED) is 0.553. The molecule has 0 nitrogen and oxygen atoms in total. The van der Waals surface area contributed by atoms with Crippen LogP contribution in [-0.4, -0.2) is 0 Å². The van der Waals surface area contributed by atoms with Crippen molar-refractivity contribution in [3.63, 3.8) is 0 Å². The fourth-order valence-electron chi connectivity index (χ4n) is 2.78. The van der Waals surface area contributed by atoms with Gasteiger partial charge in [0.15, 0.2) is 0 Å². The van der Waals surface area contributed by atoms with Gasteiger partial charge in [-0.3, -0.25) is 0 Å². The molecule has 0 aliphatic carbocycles. The van der Waals surface area contributed by atoms with Gasteiger partial charge in [-0.2, -0.15) is 0 Å². The van der Waals surface area contributed by atoms with Crippen LogP contribution in [-0.2, 0) is 20.0 Å². The highest BCUT2D eigenvalue weighted by Crippen LogP contribution is 2.33. The molecule has 0 N–H and O–H groups in total. The Morgan fingerprint density at radius 3 is 1.12 bits per heavy atom. The standard InChI is InChI=1S/C21H18F3P/c22-13-16-4-1-7-19(10-16)25(20-8-2-5-17(11-20)14-23)21-9-3-6-18(12-21)15-24/h1-12H,13-15H2. The van der Waals surface area contributed by atoms with Gasteiger partial charge in [0.1, 0.15) is 20.0 Å². The summed E-state index contributed by atoms with van der Waals surface area (Å²) in [6, 6.07) is 22.1. The first kappa shape index (κ1) is 17.7. The fourth-order valence-corrected chi connectivity index (χ4v) is 5.27. The van der Waals surface area contributed by atoms with Crippen molar-refractivity contribution in [1.29, 1.82) is 0 Å². The third-order valence-corrected chi connectivity index (χ3v) is 6.35. The molecule has 0 saturated carbocycles. The van der Waals surface area contributed by atoms with Crippen LogP contribution in [0.15, 0.2) is 72.8 Å². The second kappa shape index (κ2) is 8.31. The minimum atomic E-state index is -1.01. The van der Waals surface area contributed by atoms with Crippen molar-refractivity contribution in [3.05, 3.63) is 89.5 Å². The summed E-state index contributed by atoms with van der Waals surface area (Å²) >= 11 is 0. The molecule has 128 valence electrons. The lowest BCUT2D eigenvalue weighted by atomic mass is 10.2. The summed E-state index contributed by atoms with van der Waals surface area (Å²) in [5.41, 5.74) is 1.81. The van der Waals surface area contributed by atoms with Gasteiger partial charge in [0, 0.05) is 0 Å². The minimum absolute atomic E-state index is 0.536.